The molecule has 1 aromatic carbocycles. The summed E-state index contributed by atoms with van der Waals surface area (Å²) in [6.07, 6.45) is 1.73. The lowest BCUT2D eigenvalue weighted by Crippen LogP contribution is -2.05. The number of aromatic nitrogens is 2. The van der Waals surface area contributed by atoms with Gasteiger partial charge in [-0.3, -0.25) is 0 Å². The molecule has 2 rings (SSSR count). The fourth-order valence-corrected chi connectivity index (χ4v) is 2.48. The topological polar surface area (TPSA) is 37.8 Å². The smallest absolute Gasteiger partial charge is 0.130 e. The Kier molecular flexibility index (Phi) is 3.33. The van der Waals surface area contributed by atoms with E-state index in [2.05, 4.69) is 43.8 Å². The van der Waals surface area contributed by atoms with E-state index in [0.717, 1.165) is 9.47 Å². The highest BCUT2D eigenvalue weighted by molar-refractivity contribution is 9.10. The average Bonchev–Trinajstić information content (AvgIpc) is 2.71. The summed E-state index contributed by atoms with van der Waals surface area (Å²) in [5, 5.41) is 8.11. The Balaban J connectivity index is 2.15. The number of anilines is 1. The molecule has 0 bridgehead atoms. The predicted molar refractivity (Wildman–Crippen MR) is 66.1 cm³/mol. The molecule has 15 heavy (non-hydrogen) atoms. The molecule has 0 aliphatic heterocycles. The van der Waals surface area contributed by atoms with Crippen LogP contribution in [0.1, 0.15) is 18.5 Å². The van der Waals surface area contributed by atoms with Crippen molar-refractivity contribution in [3.8, 4) is 0 Å². The molecule has 0 amide bonds. The Labute approximate surface area is 101 Å². The maximum absolute atomic E-state index is 3.81. The Morgan fingerprint density at radius 3 is 2.87 bits per heavy atom. The number of nitrogens with one attached hydrogen (secondary N) is 1. The van der Waals surface area contributed by atoms with Crippen LogP contribution in [0.4, 0.5) is 5.00 Å². The minimum absolute atomic E-state index is 0.239. The highest BCUT2D eigenvalue weighted by Gasteiger charge is 2.09. The molecule has 1 atom stereocenters. The van der Waals surface area contributed by atoms with E-state index in [0.29, 0.717) is 0 Å². The van der Waals surface area contributed by atoms with Gasteiger partial charge in [0.2, 0.25) is 0 Å². The zero-order valence-electron chi connectivity index (χ0n) is 8.14. The van der Waals surface area contributed by atoms with Gasteiger partial charge in [0.1, 0.15) is 5.00 Å². The van der Waals surface area contributed by atoms with Crippen molar-refractivity contribution in [1.82, 2.24) is 9.59 Å². The summed E-state index contributed by atoms with van der Waals surface area (Å²) in [7, 11) is 0. The molecule has 1 aromatic heterocycles. The molecule has 0 spiro atoms. The molecule has 0 fully saturated rings. The highest BCUT2D eigenvalue weighted by Crippen LogP contribution is 2.26. The zero-order chi connectivity index (χ0) is 10.7. The number of halogens is 1. The van der Waals surface area contributed by atoms with Gasteiger partial charge in [0, 0.05) is 16.0 Å². The van der Waals surface area contributed by atoms with Gasteiger partial charge in [0.15, 0.2) is 0 Å². The second-order valence-electron chi connectivity index (χ2n) is 3.17. The van der Waals surface area contributed by atoms with Crippen molar-refractivity contribution < 1.29 is 0 Å². The van der Waals surface area contributed by atoms with Gasteiger partial charge in [-0.1, -0.05) is 38.6 Å². The van der Waals surface area contributed by atoms with Crippen LogP contribution >= 0.6 is 27.5 Å². The average molecular weight is 284 g/mol. The van der Waals surface area contributed by atoms with Crippen molar-refractivity contribution in [2.75, 3.05) is 5.32 Å². The van der Waals surface area contributed by atoms with Crippen molar-refractivity contribution in [1.29, 1.82) is 0 Å². The Morgan fingerprint density at radius 2 is 2.20 bits per heavy atom. The highest BCUT2D eigenvalue weighted by atomic mass is 79.9. The molecule has 1 unspecified atom stereocenters. The zero-order valence-corrected chi connectivity index (χ0v) is 10.5. The molecule has 1 N–H and O–H groups in total. The van der Waals surface area contributed by atoms with Crippen LogP contribution in [0.15, 0.2) is 34.9 Å². The lowest BCUT2D eigenvalue weighted by atomic mass is 10.1. The summed E-state index contributed by atoms with van der Waals surface area (Å²) in [6.45, 7) is 2.11. The van der Waals surface area contributed by atoms with E-state index in [1.54, 1.807) is 6.20 Å². The lowest BCUT2D eigenvalue weighted by Gasteiger charge is -2.14. The van der Waals surface area contributed by atoms with Gasteiger partial charge in [-0.15, -0.1) is 5.10 Å². The summed E-state index contributed by atoms with van der Waals surface area (Å²) < 4.78 is 4.92. The van der Waals surface area contributed by atoms with Gasteiger partial charge >= 0.3 is 0 Å². The first-order chi connectivity index (χ1) is 7.27. The Morgan fingerprint density at radius 1 is 1.40 bits per heavy atom. The SMILES string of the molecule is CC(Nc1cnns1)c1ccccc1Br. The van der Waals surface area contributed by atoms with Crippen LogP contribution in [0.25, 0.3) is 0 Å². The molecule has 0 saturated carbocycles. The molecule has 0 saturated heterocycles. The predicted octanol–water partition coefficient (Wildman–Crippen LogP) is 3.47. The number of rotatable bonds is 3. The third-order valence-electron chi connectivity index (χ3n) is 2.09. The van der Waals surface area contributed by atoms with Crippen LogP contribution in [0.2, 0.25) is 0 Å². The molecule has 5 heteroatoms. The van der Waals surface area contributed by atoms with E-state index in [1.165, 1.54) is 17.1 Å². The van der Waals surface area contributed by atoms with Gasteiger partial charge in [0.25, 0.3) is 0 Å². The molecule has 78 valence electrons. The van der Waals surface area contributed by atoms with Gasteiger partial charge < -0.3 is 5.32 Å². The Hall–Kier alpha value is -0.940. The van der Waals surface area contributed by atoms with Crippen molar-refractivity contribution in [3.63, 3.8) is 0 Å². The first kappa shape index (κ1) is 10.6. The van der Waals surface area contributed by atoms with Crippen LogP contribution in [0, 0.1) is 0 Å². The minimum atomic E-state index is 0.239. The van der Waals surface area contributed by atoms with Crippen LogP contribution < -0.4 is 5.32 Å². The molecular formula is C10H10BrN3S. The molecule has 1 heterocycles. The standard InChI is InChI=1S/C10H10BrN3S/c1-7(13-10-6-12-14-15-10)8-4-2-3-5-9(8)11/h2-7,13H,1H3. The maximum atomic E-state index is 3.81. The summed E-state index contributed by atoms with van der Waals surface area (Å²) >= 11 is 4.90. The largest absolute Gasteiger partial charge is 0.368 e. The monoisotopic (exact) mass is 283 g/mol. The van der Waals surface area contributed by atoms with Crippen LogP contribution in [0.5, 0.6) is 0 Å². The van der Waals surface area contributed by atoms with Gasteiger partial charge in [-0.25, -0.2) is 0 Å². The fraction of sp³-hybridized carbons (Fsp3) is 0.200. The van der Waals surface area contributed by atoms with Crippen LogP contribution in [0.3, 0.4) is 0 Å². The van der Waals surface area contributed by atoms with Gasteiger partial charge in [-0.05, 0) is 18.6 Å². The number of hydrogen-bond donors (Lipinski definition) is 1. The quantitative estimate of drug-likeness (QED) is 0.937. The molecule has 0 aliphatic rings. The van der Waals surface area contributed by atoms with E-state index >= 15 is 0 Å². The molecule has 0 radical (unpaired) electrons. The van der Waals surface area contributed by atoms with E-state index in [9.17, 15) is 0 Å². The first-order valence-corrected chi connectivity index (χ1v) is 6.12. The fourth-order valence-electron chi connectivity index (χ4n) is 1.35. The summed E-state index contributed by atoms with van der Waals surface area (Å²) in [4.78, 5) is 0. The van der Waals surface area contributed by atoms with Crippen molar-refractivity contribution in [3.05, 3.63) is 40.5 Å². The molecule has 2 aromatic rings. The molecule has 0 aliphatic carbocycles. The van der Waals surface area contributed by atoms with E-state index in [-0.39, 0.29) is 6.04 Å². The number of nitrogens with zero attached hydrogens (tertiary/aromatic N) is 2. The second kappa shape index (κ2) is 4.72. The van der Waals surface area contributed by atoms with Crippen molar-refractivity contribution >= 4 is 32.5 Å². The normalized spacial score (nSPS) is 12.4. The van der Waals surface area contributed by atoms with Crippen LogP contribution in [-0.4, -0.2) is 9.59 Å². The van der Waals surface area contributed by atoms with E-state index in [1.807, 2.05) is 18.2 Å². The second-order valence-corrected chi connectivity index (χ2v) is 4.81. The first-order valence-electron chi connectivity index (χ1n) is 4.55. The summed E-state index contributed by atoms with van der Waals surface area (Å²) in [6, 6.07) is 8.41. The minimum Gasteiger partial charge on any atom is -0.368 e. The number of benzene rings is 1. The third kappa shape index (κ3) is 2.54. The van der Waals surface area contributed by atoms with E-state index in [4.69, 9.17) is 0 Å². The Bertz CT molecular complexity index is 430. The van der Waals surface area contributed by atoms with E-state index < -0.39 is 0 Å². The van der Waals surface area contributed by atoms with Crippen molar-refractivity contribution in [2.45, 2.75) is 13.0 Å². The number of hydrogen-bond acceptors (Lipinski definition) is 4. The van der Waals surface area contributed by atoms with Gasteiger partial charge in [-0.2, -0.15) is 0 Å². The summed E-state index contributed by atoms with van der Waals surface area (Å²) in [5.74, 6) is 0. The third-order valence-corrected chi connectivity index (χ3v) is 3.41. The van der Waals surface area contributed by atoms with Crippen molar-refractivity contribution in [2.24, 2.45) is 0 Å². The maximum Gasteiger partial charge on any atom is 0.130 e. The molecule has 3 nitrogen and oxygen atoms in total. The lowest BCUT2D eigenvalue weighted by molar-refractivity contribution is 0.882. The van der Waals surface area contributed by atoms with Gasteiger partial charge in [0.05, 0.1) is 12.2 Å². The molecular weight excluding hydrogens is 274 g/mol. The van der Waals surface area contributed by atoms with Crippen LogP contribution in [-0.2, 0) is 0 Å². The summed E-state index contributed by atoms with van der Waals surface area (Å²) in [5.41, 5.74) is 1.23.